The van der Waals surface area contributed by atoms with Crippen LogP contribution in [0.4, 0.5) is 5.82 Å². The third kappa shape index (κ3) is 3.85. The highest BCUT2D eigenvalue weighted by atomic mass is 16.5. The van der Waals surface area contributed by atoms with Crippen LogP contribution < -0.4 is 10.2 Å². The summed E-state index contributed by atoms with van der Waals surface area (Å²) in [4.78, 5) is 11.2. The number of imidazole rings is 1. The number of nitrogens with one attached hydrogen (secondary N) is 1. The topological polar surface area (TPSA) is 55.2 Å². The molecule has 1 N–H and O–H groups in total. The lowest BCUT2D eigenvalue weighted by Gasteiger charge is -2.30. The van der Waals surface area contributed by atoms with E-state index in [0.29, 0.717) is 6.04 Å². The molecule has 2 atom stereocenters. The summed E-state index contributed by atoms with van der Waals surface area (Å²) in [7, 11) is 2.02. The van der Waals surface area contributed by atoms with Gasteiger partial charge in [-0.15, -0.1) is 0 Å². The molecule has 25 heavy (non-hydrogen) atoms. The number of aryl methyl sites for hydroxylation is 1. The van der Waals surface area contributed by atoms with Gasteiger partial charge in [0, 0.05) is 45.5 Å². The minimum Gasteiger partial charge on any atom is -0.372 e. The fourth-order valence-electron chi connectivity index (χ4n) is 3.78. The minimum atomic E-state index is 0.134. The fraction of sp³-hybridized carbons (Fsp3) is 0.579. The van der Waals surface area contributed by atoms with Gasteiger partial charge in [0.2, 0.25) is 0 Å². The van der Waals surface area contributed by atoms with Crippen molar-refractivity contribution in [3.8, 4) is 0 Å². The molecule has 2 aliphatic heterocycles. The van der Waals surface area contributed by atoms with Crippen LogP contribution in [0.25, 0.3) is 0 Å². The molecule has 0 aromatic carbocycles. The lowest BCUT2D eigenvalue weighted by atomic mass is 10.0. The second-order valence-electron chi connectivity index (χ2n) is 7.11. The molecule has 6 heteroatoms. The molecule has 0 amide bonds. The molecule has 0 saturated carbocycles. The van der Waals surface area contributed by atoms with Gasteiger partial charge in [0.25, 0.3) is 0 Å². The molecule has 0 bridgehead atoms. The Hall–Kier alpha value is -1.92. The molecular formula is C19H27N5O. The quantitative estimate of drug-likeness (QED) is 0.905. The first-order chi connectivity index (χ1) is 12.3. The van der Waals surface area contributed by atoms with E-state index in [2.05, 4.69) is 32.3 Å². The van der Waals surface area contributed by atoms with Crippen LogP contribution in [0.3, 0.4) is 0 Å². The molecule has 0 radical (unpaired) electrons. The summed E-state index contributed by atoms with van der Waals surface area (Å²) in [5, 5.41) is 3.68. The fourth-order valence-corrected chi connectivity index (χ4v) is 3.78. The van der Waals surface area contributed by atoms with Gasteiger partial charge in [-0.2, -0.15) is 0 Å². The zero-order valence-electron chi connectivity index (χ0n) is 14.9. The molecule has 4 heterocycles. The van der Waals surface area contributed by atoms with Crippen molar-refractivity contribution in [3.05, 3.63) is 42.1 Å². The molecule has 2 aliphatic rings. The van der Waals surface area contributed by atoms with Crippen LogP contribution in [0.15, 0.2) is 30.9 Å². The molecule has 0 spiro atoms. The van der Waals surface area contributed by atoms with Crippen LogP contribution in [-0.2, 0) is 18.3 Å². The van der Waals surface area contributed by atoms with E-state index in [0.717, 1.165) is 50.6 Å². The van der Waals surface area contributed by atoms with Gasteiger partial charge >= 0.3 is 0 Å². The van der Waals surface area contributed by atoms with E-state index in [9.17, 15) is 0 Å². The first-order valence-electron chi connectivity index (χ1n) is 9.30. The number of anilines is 1. The Morgan fingerprint density at radius 3 is 2.84 bits per heavy atom. The van der Waals surface area contributed by atoms with E-state index < -0.39 is 0 Å². The lowest BCUT2D eigenvalue weighted by molar-refractivity contribution is -0.00404. The lowest BCUT2D eigenvalue weighted by Crippen LogP contribution is -2.36. The van der Waals surface area contributed by atoms with E-state index in [1.165, 1.54) is 18.4 Å². The van der Waals surface area contributed by atoms with Gasteiger partial charge < -0.3 is 19.5 Å². The summed E-state index contributed by atoms with van der Waals surface area (Å²) in [5.74, 6) is 1.11. The number of nitrogens with zero attached hydrogens (tertiary/aromatic N) is 4. The molecule has 2 saturated heterocycles. The predicted octanol–water partition coefficient (Wildman–Crippen LogP) is 2.43. The van der Waals surface area contributed by atoms with Gasteiger partial charge in [-0.25, -0.2) is 9.97 Å². The first kappa shape index (κ1) is 16.5. The Morgan fingerprint density at radius 2 is 2.12 bits per heavy atom. The van der Waals surface area contributed by atoms with Crippen molar-refractivity contribution in [2.45, 2.75) is 44.4 Å². The molecule has 2 aromatic rings. The van der Waals surface area contributed by atoms with Crippen molar-refractivity contribution in [2.24, 2.45) is 7.05 Å². The molecule has 6 nitrogen and oxygen atoms in total. The molecule has 4 rings (SSSR count). The summed E-state index contributed by atoms with van der Waals surface area (Å²) in [6, 6.07) is 4.82. The highest BCUT2D eigenvalue weighted by molar-refractivity contribution is 5.40. The summed E-state index contributed by atoms with van der Waals surface area (Å²) < 4.78 is 7.99. The third-order valence-electron chi connectivity index (χ3n) is 5.30. The van der Waals surface area contributed by atoms with Gasteiger partial charge in [-0.1, -0.05) is 6.07 Å². The van der Waals surface area contributed by atoms with Gasteiger partial charge in [-0.05, 0) is 37.3 Å². The molecule has 2 fully saturated rings. The van der Waals surface area contributed by atoms with Crippen molar-refractivity contribution in [3.63, 3.8) is 0 Å². The average molecular weight is 341 g/mol. The van der Waals surface area contributed by atoms with Gasteiger partial charge in [0.05, 0.1) is 18.2 Å². The minimum absolute atomic E-state index is 0.134. The van der Waals surface area contributed by atoms with Crippen molar-refractivity contribution in [1.29, 1.82) is 0 Å². The number of hydrogen-bond acceptors (Lipinski definition) is 5. The first-order valence-corrected chi connectivity index (χ1v) is 9.30. The van der Waals surface area contributed by atoms with E-state index in [1.54, 1.807) is 0 Å². The maximum Gasteiger partial charge on any atom is 0.128 e. The van der Waals surface area contributed by atoms with Crippen molar-refractivity contribution in [1.82, 2.24) is 19.9 Å². The van der Waals surface area contributed by atoms with Crippen LogP contribution in [0.1, 0.15) is 43.0 Å². The largest absolute Gasteiger partial charge is 0.372 e. The predicted molar refractivity (Wildman–Crippen MR) is 97.4 cm³/mol. The average Bonchev–Trinajstić information content (AvgIpc) is 3.32. The highest BCUT2D eigenvalue weighted by Gasteiger charge is 2.25. The van der Waals surface area contributed by atoms with E-state index in [-0.39, 0.29) is 6.10 Å². The SMILES string of the molecule is Cn1cncc1C1CC(NCc2ccc(N3CCCC3)nc2)CCO1. The normalized spacial score (nSPS) is 24.0. The maximum absolute atomic E-state index is 5.94. The van der Waals surface area contributed by atoms with Gasteiger partial charge in [-0.3, -0.25) is 0 Å². The highest BCUT2D eigenvalue weighted by Crippen LogP contribution is 2.27. The van der Waals surface area contributed by atoms with Crippen molar-refractivity contribution < 1.29 is 4.74 Å². The summed E-state index contributed by atoms with van der Waals surface area (Å²) in [6.07, 6.45) is 10.5. The van der Waals surface area contributed by atoms with Gasteiger partial charge in [0.1, 0.15) is 11.9 Å². The maximum atomic E-state index is 5.94. The van der Waals surface area contributed by atoms with Gasteiger partial charge in [0.15, 0.2) is 0 Å². The van der Waals surface area contributed by atoms with Crippen LogP contribution in [0.2, 0.25) is 0 Å². The Labute approximate surface area is 149 Å². The standard InChI is InChI=1S/C19H27N5O/c1-23-14-20-13-17(23)18-10-16(6-9-25-18)21-11-15-4-5-19(22-12-15)24-7-2-3-8-24/h4-5,12-14,16,18,21H,2-3,6-11H2,1H3. The van der Waals surface area contributed by atoms with E-state index in [1.807, 2.05) is 30.3 Å². The Morgan fingerprint density at radius 1 is 1.24 bits per heavy atom. The second kappa shape index (κ2) is 7.54. The monoisotopic (exact) mass is 341 g/mol. The molecule has 2 unspecified atom stereocenters. The molecule has 2 aromatic heterocycles. The van der Waals surface area contributed by atoms with Crippen LogP contribution in [-0.4, -0.2) is 40.3 Å². The third-order valence-corrected chi connectivity index (χ3v) is 5.30. The van der Waals surface area contributed by atoms with E-state index >= 15 is 0 Å². The van der Waals surface area contributed by atoms with Crippen LogP contribution in [0, 0.1) is 0 Å². The molecular weight excluding hydrogens is 314 g/mol. The summed E-state index contributed by atoms with van der Waals surface area (Å²) in [5.41, 5.74) is 2.40. The second-order valence-corrected chi connectivity index (χ2v) is 7.11. The Bertz CT molecular complexity index is 677. The zero-order valence-corrected chi connectivity index (χ0v) is 14.9. The van der Waals surface area contributed by atoms with Crippen molar-refractivity contribution in [2.75, 3.05) is 24.6 Å². The van der Waals surface area contributed by atoms with Crippen molar-refractivity contribution >= 4 is 5.82 Å². The Kier molecular flexibility index (Phi) is 4.99. The van der Waals surface area contributed by atoms with E-state index in [4.69, 9.17) is 4.74 Å². The molecule has 134 valence electrons. The number of aromatic nitrogens is 3. The Balaban J connectivity index is 1.31. The van der Waals surface area contributed by atoms with Crippen LogP contribution in [0.5, 0.6) is 0 Å². The summed E-state index contributed by atoms with van der Waals surface area (Å²) in [6.45, 7) is 3.93. The number of rotatable bonds is 5. The molecule has 0 aliphatic carbocycles. The smallest absolute Gasteiger partial charge is 0.128 e. The number of hydrogen-bond donors (Lipinski definition) is 1. The van der Waals surface area contributed by atoms with Crippen LogP contribution >= 0.6 is 0 Å². The number of ether oxygens (including phenoxy) is 1. The number of pyridine rings is 1. The zero-order chi connectivity index (χ0) is 17.1. The summed E-state index contributed by atoms with van der Waals surface area (Å²) >= 11 is 0.